The predicted octanol–water partition coefficient (Wildman–Crippen LogP) is 0.382. The number of piperazine rings is 1. The van der Waals surface area contributed by atoms with Gasteiger partial charge in [0.1, 0.15) is 0 Å². The molecule has 5 nitrogen and oxygen atoms in total. The number of carbonyl (C=O) groups excluding carboxylic acids is 1. The number of aromatic amines is 1. The Morgan fingerprint density at radius 3 is 2.83 bits per heavy atom. The molecule has 1 aliphatic heterocycles. The van der Waals surface area contributed by atoms with Crippen molar-refractivity contribution < 1.29 is 4.79 Å². The maximum absolute atomic E-state index is 11.6. The summed E-state index contributed by atoms with van der Waals surface area (Å²) in [7, 11) is 2.16. The minimum absolute atomic E-state index is 0.00891. The van der Waals surface area contributed by atoms with Crippen molar-refractivity contribution >= 4 is 5.91 Å². The van der Waals surface area contributed by atoms with Gasteiger partial charge in [-0.1, -0.05) is 0 Å². The largest absolute Gasteiger partial charge is 0.367 e. The molecular weight excluding hydrogens is 228 g/mol. The molecule has 1 aromatic heterocycles. The van der Waals surface area contributed by atoms with Gasteiger partial charge in [0.05, 0.1) is 5.56 Å². The summed E-state index contributed by atoms with van der Waals surface area (Å²) in [5, 5.41) is 2.94. The molecule has 1 aliphatic rings. The van der Waals surface area contributed by atoms with Gasteiger partial charge in [0.15, 0.2) is 0 Å². The van der Waals surface area contributed by atoms with Gasteiger partial charge in [-0.25, -0.2) is 0 Å². The number of aromatic nitrogens is 1. The van der Waals surface area contributed by atoms with Crippen LogP contribution in [0.4, 0.5) is 0 Å². The molecule has 5 heteroatoms. The lowest BCUT2D eigenvalue weighted by molar-refractivity contribution is 0.0949. The number of H-pyrrole nitrogens is 1. The number of rotatable bonds is 5. The summed E-state index contributed by atoms with van der Waals surface area (Å²) in [6.07, 6.45) is 4.49. The number of amides is 1. The van der Waals surface area contributed by atoms with Crippen LogP contribution in [0.5, 0.6) is 0 Å². The van der Waals surface area contributed by atoms with Crippen molar-refractivity contribution in [2.75, 3.05) is 46.3 Å². The van der Waals surface area contributed by atoms with E-state index < -0.39 is 0 Å². The van der Waals surface area contributed by atoms with Crippen LogP contribution in [-0.2, 0) is 0 Å². The number of likely N-dealkylation sites (N-methyl/N-ethyl adjacent to an activating group) is 1. The highest BCUT2D eigenvalue weighted by Crippen LogP contribution is 2.00. The van der Waals surface area contributed by atoms with Crippen LogP contribution in [0.2, 0.25) is 0 Å². The van der Waals surface area contributed by atoms with Crippen LogP contribution in [0.1, 0.15) is 16.8 Å². The lowest BCUT2D eigenvalue weighted by atomic mass is 10.3. The topological polar surface area (TPSA) is 51.4 Å². The summed E-state index contributed by atoms with van der Waals surface area (Å²) in [5.41, 5.74) is 0.703. The van der Waals surface area contributed by atoms with E-state index in [9.17, 15) is 4.79 Å². The molecular formula is C13H22N4O. The minimum atomic E-state index is 0.00891. The van der Waals surface area contributed by atoms with Gasteiger partial charge in [0, 0.05) is 45.1 Å². The van der Waals surface area contributed by atoms with E-state index in [4.69, 9.17) is 0 Å². The third-order valence-electron chi connectivity index (χ3n) is 3.39. The molecule has 1 amide bonds. The van der Waals surface area contributed by atoms with E-state index in [-0.39, 0.29) is 5.91 Å². The molecule has 0 saturated carbocycles. The minimum Gasteiger partial charge on any atom is -0.367 e. The molecule has 2 heterocycles. The summed E-state index contributed by atoms with van der Waals surface area (Å²) in [5.74, 6) is 0.00891. The average molecular weight is 250 g/mol. The number of carbonyl (C=O) groups is 1. The number of nitrogens with one attached hydrogen (secondary N) is 2. The summed E-state index contributed by atoms with van der Waals surface area (Å²) in [6.45, 7) is 6.40. The molecule has 0 aliphatic carbocycles. The predicted molar refractivity (Wildman–Crippen MR) is 71.7 cm³/mol. The lowest BCUT2D eigenvalue weighted by Crippen LogP contribution is -2.45. The zero-order valence-electron chi connectivity index (χ0n) is 11.0. The van der Waals surface area contributed by atoms with Crippen LogP contribution < -0.4 is 5.32 Å². The summed E-state index contributed by atoms with van der Waals surface area (Å²) >= 11 is 0. The second-order valence-electron chi connectivity index (χ2n) is 4.85. The highest BCUT2D eigenvalue weighted by atomic mass is 16.1. The Labute approximate surface area is 108 Å². The maximum Gasteiger partial charge on any atom is 0.252 e. The first-order valence-corrected chi connectivity index (χ1v) is 6.57. The maximum atomic E-state index is 11.6. The Hall–Kier alpha value is -1.33. The highest BCUT2D eigenvalue weighted by molar-refractivity contribution is 5.93. The van der Waals surface area contributed by atoms with Gasteiger partial charge in [-0.15, -0.1) is 0 Å². The number of hydrogen-bond donors (Lipinski definition) is 2. The molecule has 0 bridgehead atoms. The Balaban J connectivity index is 1.57. The van der Waals surface area contributed by atoms with E-state index in [0.717, 1.165) is 45.7 Å². The normalized spacial score (nSPS) is 17.8. The first-order chi connectivity index (χ1) is 8.75. The van der Waals surface area contributed by atoms with Gasteiger partial charge in [-0.3, -0.25) is 4.79 Å². The van der Waals surface area contributed by atoms with Gasteiger partial charge in [0.2, 0.25) is 0 Å². The van der Waals surface area contributed by atoms with E-state index in [1.54, 1.807) is 18.5 Å². The first-order valence-electron chi connectivity index (χ1n) is 6.57. The molecule has 0 aromatic carbocycles. The molecule has 2 N–H and O–H groups in total. The van der Waals surface area contributed by atoms with Gasteiger partial charge in [-0.2, -0.15) is 0 Å². The summed E-state index contributed by atoms with van der Waals surface area (Å²) in [4.78, 5) is 19.3. The fourth-order valence-electron chi connectivity index (χ4n) is 2.14. The fraction of sp³-hybridized carbons (Fsp3) is 0.615. The van der Waals surface area contributed by atoms with Crippen LogP contribution in [0.25, 0.3) is 0 Å². The first kappa shape index (κ1) is 13.1. The summed E-state index contributed by atoms with van der Waals surface area (Å²) in [6, 6.07) is 1.79. The molecule has 100 valence electrons. The number of hydrogen-bond acceptors (Lipinski definition) is 3. The molecule has 0 atom stereocenters. The Kier molecular flexibility index (Phi) is 4.78. The van der Waals surface area contributed by atoms with Crippen LogP contribution in [0, 0.1) is 0 Å². The van der Waals surface area contributed by atoms with Gasteiger partial charge in [-0.05, 0) is 26.1 Å². The molecule has 1 saturated heterocycles. The SMILES string of the molecule is CN1CCN(CCCNC(=O)c2cc[nH]c2)CC1. The molecule has 0 unspecified atom stereocenters. The van der Waals surface area contributed by atoms with E-state index in [1.165, 1.54) is 0 Å². The summed E-state index contributed by atoms with van der Waals surface area (Å²) < 4.78 is 0. The highest BCUT2D eigenvalue weighted by Gasteiger charge is 2.13. The van der Waals surface area contributed by atoms with Gasteiger partial charge < -0.3 is 20.1 Å². The van der Waals surface area contributed by atoms with Crippen molar-refractivity contribution in [2.24, 2.45) is 0 Å². The monoisotopic (exact) mass is 250 g/mol. The lowest BCUT2D eigenvalue weighted by Gasteiger charge is -2.32. The molecule has 0 radical (unpaired) electrons. The van der Waals surface area contributed by atoms with Crippen LogP contribution in [0.15, 0.2) is 18.5 Å². The van der Waals surface area contributed by atoms with Crippen LogP contribution in [0.3, 0.4) is 0 Å². The zero-order valence-corrected chi connectivity index (χ0v) is 11.0. The van der Waals surface area contributed by atoms with Crippen LogP contribution in [-0.4, -0.2) is 67.0 Å². The smallest absolute Gasteiger partial charge is 0.252 e. The number of nitrogens with zero attached hydrogens (tertiary/aromatic N) is 2. The molecule has 1 fully saturated rings. The quantitative estimate of drug-likeness (QED) is 0.743. The van der Waals surface area contributed by atoms with Crippen molar-refractivity contribution in [1.82, 2.24) is 20.1 Å². The Morgan fingerprint density at radius 1 is 1.39 bits per heavy atom. The Bertz CT molecular complexity index is 355. The second kappa shape index (κ2) is 6.56. The zero-order chi connectivity index (χ0) is 12.8. The second-order valence-corrected chi connectivity index (χ2v) is 4.85. The van der Waals surface area contributed by atoms with Crippen molar-refractivity contribution in [1.29, 1.82) is 0 Å². The van der Waals surface area contributed by atoms with E-state index in [0.29, 0.717) is 5.56 Å². The van der Waals surface area contributed by atoms with Crippen molar-refractivity contribution in [3.05, 3.63) is 24.0 Å². The Morgan fingerprint density at radius 2 is 2.17 bits per heavy atom. The molecule has 18 heavy (non-hydrogen) atoms. The van der Waals surface area contributed by atoms with E-state index >= 15 is 0 Å². The van der Waals surface area contributed by atoms with Crippen molar-refractivity contribution in [3.8, 4) is 0 Å². The van der Waals surface area contributed by atoms with Gasteiger partial charge >= 0.3 is 0 Å². The van der Waals surface area contributed by atoms with Gasteiger partial charge in [0.25, 0.3) is 5.91 Å². The van der Waals surface area contributed by atoms with Crippen molar-refractivity contribution in [2.45, 2.75) is 6.42 Å². The standard InChI is InChI=1S/C13H22N4O/c1-16-7-9-17(10-8-16)6-2-4-15-13(18)12-3-5-14-11-12/h3,5,11,14H,2,4,6-10H2,1H3,(H,15,18). The molecule has 1 aromatic rings. The average Bonchev–Trinajstić information content (AvgIpc) is 2.90. The van der Waals surface area contributed by atoms with E-state index in [2.05, 4.69) is 27.1 Å². The van der Waals surface area contributed by atoms with Crippen molar-refractivity contribution in [3.63, 3.8) is 0 Å². The van der Waals surface area contributed by atoms with Crippen LogP contribution >= 0.6 is 0 Å². The third-order valence-corrected chi connectivity index (χ3v) is 3.39. The van der Waals surface area contributed by atoms with E-state index in [1.807, 2.05) is 0 Å². The molecule has 0 spiro atoms. The third kappa shape index (κ3) is 3.85. The molecule has 2 rings (SSSR count). The fourth-order valence-corrected chi connectivity index (χ4v) is 2.14.